The van der Waals surface area contributed by atoms with Crippen LogP contribution in [0.2, 0.25) is 0 Å². The van der Waals surface area contributed by atoms with Gasteiger partial charge in [-0.2, -0.15) is 0 Å². The van der Waals surface area contributed by atoms with Gasteiger partial charge in [0, 0.05) is 6.20 Å². The zero-order chi connectivity index (χ0) is 15.4. The number of nitrogens with zero attached hydrogens (tertiary/aromatic N) is 1. The van der Waals surface area contributed by atoms with Crippen molar-refractivity contribution in [1.29, 1.82) is 0 Å². The van der Waals surface area contributed by atoms with E-state index < -0.39 is 5.97 Å². The first-order valence-electron chi connectivity index (χ1n) is 6.65. The number of rotatable bonds is 6. The van der Waals surface area contributed by atoms with E-state index in [0.29, 0.717) is 23.9 Å². The highest BCUT2D eigenvalue weighted by atomic mass is 16.5. The van der Waals surface area contributed by atoms with Crippen LogP contribution in [0.3, 0.4) is 0 Å². The van der Waals surface area contributed by atoms with E-state index in [1.54, 1.807) is 19.2 Å². The third kappa shape index (κ3) is 3.75. The van der Waals surface area contributed by atoms with E-state index in [-0.39, 0.29) is 11.7 Å². The lowest BCUT2D eigenvalue weighted by Gasteiger charge is -2.13. The molecule has 0 bridgehead atoms. The second-order valence-electron chi connectivity index (χ2n) is 4.86. The van der Waals surface area contributed by atoms with Crippen LogP contribution in [0.5, 0.6) is 5.88 Å². The third-order valence-corrected chi connectivity index (χ3v) is 2.77. The molecule has 6 heteroatoms. The number of nitrogens with one attached hydrogen (secondary N) is 1. The van der Waals surface area contributed by atoms with Crippen molar-refractivity contribution in [3.05, 3.63) is 41.5 Å². The van der Waals surface area contributed by atoms with Crippen LogP contribution in [0.15, 0.2) is 28.8 Å². The van der Waals surface area contributed by atoms with E-state index >= 15 is 0 Å². The van der Waals surface area contributed by atoms with Crippen molar-refractivity contribution in [2.45, 2.75) is 33.4 Å². The highest BCUT2D eigenvalue weighted by Crippen LogP contribution is 2.23. The van der Waals surface area contributed by atoms with Crippen LogP contribution in [0.4, 0.5) is 5.69 Å². The first kappa shape index (κ1) is 14.9. The van der Waals surface area contributed by atoms with Crippen LogP contribution < -0.4 is 10.1 Å². The summed E-state index contributed by atoms with van der Waals surface area (Å²) in [5, 5.41) is 12.1. The SMILES string of the molecule is Cc1oc(CNc2cccnc2OC(C)C)cc1C(=O)O. The number of hydrogen-bond acceptors (Lipinski definition) is 5. The normalized spacial score (nSPS) is 10.7. The van der Waals surface area contributed by atoms with Crippen molar-refractivity contribution in [3.8, 4) is 5.88 Å². The number of ether oxygens (including phenoxy) is 1. The molecule has 2 heterocycles. The molecule has 0 aliphatic carbocycles. The number of hydrogen-bond donors (Lipinski definition) is 2. The molecule has 112 valence electrons. The molecule has 2 N–H and O–H groups in total. The summed E-state index contributed by atoms with van der Waals surface area (Å²) in [5.74, 6) is 0.454. The summed E-state index contributed by atoms with van der Waals surface area (Å²) >= 11 is 0. The number of carbonyl (C=O) groups is 1. The Morgan fingerprint density at radius 2 is 2.29 bits per heavy atom. The van der Waals surface area contributed by atoms with Crippen LogP contribution in [-0.4, -0.2) is 22.2 Å². The average molecular weight is 290 g/mol. The fraction of sp³-hybridized carbons (Fsp3) is 0.333. The quantitative estimate of drug-likeness (QED) is 0.850. The van der Waals surface area contributed by atoms with Gasteiger partial charge in [-0.05, 0) is 39.0 Å². The van der Waals surface area contributed by atoms with E-state index in [0.717, 1.165) is 5.69 Å². The van der Waals surface area contributed by atoms with Gasteiger partial charge in [-0.3, -0.25) is 0 Å². The van der Waals surface area contributed by atoms with E-state index in [1.807, 2.05) is 19.9 Å². The largest absolute Gasteiger partial charge is 0.478 e. The van der Waals surface area contributed by atoms with E-state index in [2.05, 4.69) is 10.3 Å². The average Bonchev–Trinajstić information content (AvgIpc) is 2.78. The molecule has 2 aromatic rings. The molecule has 0 fully saturated rings. The Bertz CT molecular complexity index is 634. The molecule has 0 saturated carbocycles. The molecule has 6 nitrogen and oxygen atoms in total. The maximum atomic E-state index is 11.0. The molecule has 21 heavy (non-hydrogen) atoms. The van der Waals surface area contributed by atoms with Gasteiger partial charge in [0.05, 0.1) is 18.3 Å². The predicted octanol–water partition coefficient (Wildman–Crippen LogP) is 3.08. The number of pyridine rings is 1. The lowest BCUT2D eigenvalue weighted by atomic mass is 10.2. The number of aryl methyl sites for hydroxylation is 1. The number of carboxylic acid groups (broad SMARTS) is 1. The maximum absolute atomic E-state index is 11.0. The number of furan rings is 1. The minimum Gasteiger partial charge on any atom is -0.478 e. The van der Waals surface area contributed by atoms with Crippen molar-refractivity contribution in [3.63, 3.8) is 0 Å². The van der Waals surface area contributed by atoms with Gasteiger partial charge in [0.15, 0.2) is 0 Å². The van der Waals surface area contributed by atoms with Crippen LogP contribution in [0.25, 0.3) is 0 Å². The Hall–Kier alpha value is -2.50. The van der Waals surface area contributed by atoms with Gasteiger partial charge >= 0.3 is 5.97 Å². The highest BCUT2D eigenvalue weighted by Gasteiger charge is 2.14. The maximum Gasteiger partial charge on any atom is 0.339 e. The van der Waals surface area contributed by atoms with E-state index in [4.69, 9.17) is 14.3 Å². The van der Waals surface area contributed by atoms with Crippen molar-refractivity contribution in [2.75, 3.05) is 5.32 Å². The molecule has 0 amide bonds. The van der Waals surface area contributed by atoms with E-state index in [1.165, 1.54) is 6.07 Å². The zero-order valence-corrected chi connectivity index (χ0v) is 12.2. The first-order chi connectivity index (χ1) is 9.97. The van der Waals surface area contributed by atoms with Crippen LogP contribution in [0, 0.1) is 6.92 Å². The summed E-state index contributed by atoms with van der Waals surface area (Å²) in [5.41, 5.74) is 0.911. The molecular weight excluding hydrogens is 272 g/mol. The number of aromatic carboxylic acids is 1. The molecule has 0 aliphatic heterocycles. The van der Waals surface area contributed by atoms with Crippen molar-refractivity contribution in [1.82, 2.24) is 4.98 Å². The Morgan fingerprint density at radius 3 is 2.90 bits per heavy atom. The Balaban J connectivity index is 2.09. The molecule has 2 aromatic heterocycles. The van der Waals surface area contributed by atoms with Crippen molar-refractivity contribution < 1.29 is 19.1 Å². The van der Waals surface area contributed by atoms with Gasteiger partial charge in [-0.15, -0.1) is 0 Å². The molecule has 0 aromatic carbocycles. The Kier molecular flexibility index (Phi) is 4.47. The van der Waals surface area contributed by atoms with Crippen LogP contribution in [0.1, 0.15) is 35.7 Å². The smallest absolute Gasteiger partial charge is 0.339 e. The minimum atomic E-state index is -0.993. The first-order valence-corrected chi connectivity index (χ1v) is 6.65. The van der Waals surface area contributed by atoms with Crippen molar-refractivity contribution in [2.24, 2.45) is 0 Å². The second kappa shape index (κ2) is 6.30. The molecule has 0 atom stereocenters. The van der Waals surface area contributed by atoms with Crippen LogP contribution in [-0.2, 0) is 6.54 Å². The summed E-state index contributed by atoms with van der Waals surface area (Å²) in [4.78, 5) is 15.1. The Morgan fingerprint density at radius 1 is 1.52 bits per heavy atom. The highest BCUT2D eigenvalue weighted by molar-refractivity contribution is 5.88. The van der Waals surface area contributed by atoms with Gasteiger partial charge < -0.3 is 19.6 Å². The zero-order valence-electron chi connectivity index (χ0n) is 12.2. The monoisotopic (exact) mass is 290 g/mol. The molecule has 2 rings (SSSR count). The fourth-order valence-electron chi connectivity index (χ4n) is 1.87. The van der Waals surface area contributed by atoms with Crippen molar-refractivity contribution >= 4 is 11.7 Å². The van der Waals surface area contributed by atoms with Gasteiger partial charge in [0.2, 0.25) is 5.88 Å². The van der Waals surface area contributed by atoms with Gasteiger partial charge in [0.25, 0.3) is 0 Å². The van der Waals surface area contributed by atoms with Gasteiger partial charge in [-0.25, -0.2) is 9.78 Å². The Labute approximate surface area is 122 Å². The summed E-state index contributed by atoms with van der Waals surface area (Å²) in [6.45, 7) is 5.83. The molecular formula is C15H18N2O4. The second-order valence-corrected chi connectivity index (χ2v) is 4.86. The molecule has 0 aliphatic rings. The van der Waals surface area contributed by atoms with Gasteiger partial charge in [0.1, 0.15) is 17.1 Å². The summed E-state index contributed by atoms with van der Waals surface area (Å²) in [7, 11) is 0. The summed E-state index contributed by atoms with van der Waals surface area (Å²) < 4.78 is 11.0. The topological polar surface area (TPSA) is 84.6 Å². The van der Waals surface area contributed by atoms with E-state index in [9.17, 15) is 4.79 Å². The standard InChI is InChI=1S/C15H18N2O4/c1-9(2)20-14-13(5-4-6-16-14)17-8-11-7-12(15(18)19)10(3)21-11/h4-7,9,17H,8H2,1-3H3,(H,18,19). The predicted molar refractivity (Wildman–Crippen MR) is 77.7 cm³/mol. The molecule has 0 unspecified atom stereocenters. The lowest BCUT2D eigenvalue weighted by molar-refractivity contribution is 0.0695. The number of carboxylic acids is 1. The third-order valence-electron chi connectivity index (χ3n) is 2.77. The molecule has 0 saturated heterocycles. The van der Waals surface area contributed by atoms with Gasteiger partial charge in [-0.1, -0.05) is 0 Å². The summed E-state index contributed by atoms with van der Waals surface area (Å²) in [6.07, 6.45) is 1.67. The number of anilines is 1. The molecule has 0 radical (unpaired) electrons. The summed E-state index contributed by atoms with van der Waals surface area (Å²) in [6, 6.07) is 5.16. The molecule has 0 spiro atoms. The lowest BCUT2D eigenvalue weighted by Crippen LogP contribution is -2.09. The number of aromatic nitrogens is 1. The fourth-order valence-corrected chi connectivity index (χ4v) is 1.87. The van der Waals surface area contributed by atoms with Crippen LogP contribution >= 0.6 is 0 Å². The minimum absolute atomic E-state index is 0.0184.